The highest BCUT2D eigenvalue weighted by molar-refractivity contribution is 4.83. The minimum atomic E-state index is 0.426. The highest BCUT2D eigenvalue weighted by Crippen LogP contribution is 2.24. The summed E-state index contributed by atoms with van der Waals surface area (Å²) in [6.07, 6.45) is 2.59. The van der Waals surface area contributed by atoms with Gasteiger partial charge in [0.1, 0.15) is 0 Å². The Bertz CT molecular complexity index is 241. The van der Waals surface area contributed by atoms with Gasteiger partial charge in [0.05, 0.1) is 0 Å². The SMILES string of the molecule is CCCC(C)(CNC)CN1CCN(CCN(C)C)CC1. The van der Waals surface area contributed by atoms with Crippen LogP contribution in [0.4, 0.5) is 0 Å². The molecule has 0 bridgehead atoms. The van der Waals surface area contributed by atoms with Crippen LogP contribution in [0.25, 0.3) is 0 Å². The summed E-state index contributed by atoms with van der Waals surface area (Å²) in [6, 6.07) is 0. The predicted octanol–water partition coefficient (Wildman–Crippen LogP) is 1.19. The van der Waals surface area contributed by atoms with Crippen molar-refractivity contribution in [2.45, 2.75) is 26.7 Å². The Morgan fingerprint density at radius 2 is 1.70 bits per heavy atom. The maximum absolute atomic E-state index is 3.38. The van der Waals surface area contributed by atoms with E-state index >= 15 is 0 Å². The number of hydrogen-bond donors (Lipinski definition) is 1. The fourth-order valence-corrected chi connectivity index (χ4v) is 3.31. The van der Waals surface area contributed by atoms with Gasteiger partial charge in [-0.25, -0.2) is 0 Å². The average Bonchev–Trinajstić information content (AvgIpc) is 2.38. The van der Waals surface area contributed by atoms with E-state index < -0.39 is 0 Å². The lowest BCUT2D eigenvalue weighted by atomic mass is 9.84. The summed E-state index contributed by atoms with van der Waals surface area (Å²) in [6.45, 7) is 14.4. The van der Waals surface area contributed by atoms with Gasteiger partial charge in [-0.15, -0.1) is 0 Å². The van der Waals surface area contributed by atoms with Crippen molar-refractivity contribution in [3.8, 4) is 0 Å². The van der Waals surface area contributed by atoms with Crippen LogP contribution in [0, 0.1) is 5.41 Å². The first-order valence-corrected chi connectivity index (χ1v) is 8.23. The first-order chi connectivity index (χ1) is 9.49. The third kappa shape index (κ3) is 6.53. The van der Waals surface area contributed by atoms with Gasteiger partial charge in [-0.1, -0.05) is 20.3 Å². The van der Waals surface area contributed by atoms with E-state index in [0.29, 0.717) is 5.41 Å². The van der Waals surface area contributed by atoms with E-state index in [2.05, 4.69) is 55.0 Å². The van der Waals surface area contributed by atoms with Gasteiger partial charge < -0.3 is 15.1 Å². The lowest BCUT2D eigenvalue weighted by molar-refractivity contribution is 0.0834. The summed E-state index contributed by atoms with van der Waals surface area (Å²) in [5, 5.41) is 3.38. The molecule has 1 atom stereocenters. The van der Waals surface area contributed by atoms with Crippen molar-refractivity contribution in [2.24, 2.45) is 5.41 Å². The van der Waals surface area contributed by atoms with Crippen LogP contribution in [0.15, 0.2) is 0 Å². The molecule has 20 heavy (non-hydrogen) atoms. The monoisotopic (exact) mass is 284 g/mol. The van der Waals surface area contributed by atoms with Crippen molar-refractivity contribution in [1.82, 2.24) is 20.0 Å². The third-order valence-corrected chi connectivity index (χ3v) is 4.39. The molecule has 0 radical (unpaired) electrons. The fraction of sp³-hybridized carbons (Fsp3) is 1.00. The van der Waals surface area contributed by atoms with Crippen molar-refractivity contribution in [2.75, 3.05) is 73.5 Å². The third-order valence-electron chi connectivity index (χ3n) is 4.39. The van der Waals surface area contributed by atoms with Crippen molar-refractivity contribution < 1.29 is 0 Å². The lowest BCUT2D eigenvalue weighted by Gasteiger charge is -2.40. The van der Waals surface area contributed by atoms with Gasteiger partial charge in [-0.3, -0.25) is 4.90 Å². The van der Waals surface area contributed by atoms with E-state index in [4.69, 9.17) is 0 Å². The molecule has 1 N–H and O–H groups in total. The van der Waals surface area contributed by atoms with Crippen LogP contribution >= 0.6 is 0 Å². The van der Waals surface area contributed by atoms with Crippen LogP contribution in [0.5, 0.6) is 0 Å². The molecule has 1 heterocycles. The van der Waals surface area contributed by atoms with Crippen molar-refractivity contribution in [3.05, 3.63) is 0 Å². The minimum absolute atomic E-state index is 0.426. The highest BCUT2D eigenvalue weighted by atomic mass is 15.3. The molecular weight excluding hydrogens is 248 g/mol. The lowest BCUT2D eigenvalue weighted by Crippen LogP contribution is -2.51. The molecule has 0 aromatic rings. The number of likely N-dealkylation sites (N-methyl/N-ethyl adjacent to an activating group) is 1. The molecule has 4 nitrogen and oxygen atoms in total. The van der Waals surface area contributed by atoms with Crippen molar-refractivity contribution in [3.63, 3.8) is 0 Å². The van der Waals surface area contributed by atoms with Crippen molar-refractivity contribution >= 4 is 0 Å². The summed E-state index contributed by atoms with van der Waals surface area (Å²) >= 11 is 0. The topological polar surface area (TPSA) is 21.8 Å². The van der Waals surface area contributed by atoms with Gasteiger partial charge >= 0.3 is 0 Å². The Morgan fingerprint density at radius 1 is 1.10 bits per heavy atom. The predicted molar refractivity (Wildman–Crippen MR) is 88.4 cm³/mol. The number of nitrogens with one attached hydrogen (secondary N) is 1. The summed E-state index contributed by atoms with van der Waals surface area (Å²) < 4.78 is 0. The second-order valence-corrected chi connectivity index (χ2v) is 7.01. The zero-order chi connectivity index (χ0) is 15.0. The molecule has 120 valence electrons. The molecule has 0 saturated carbocycles. The van der Waals surface area contributed by atoms with E-state index in [1.165, 1.54) is 58.7 Å². The Labute approximate surface area is 126 Å². The van der Waals surface area contributed by atoms with Gasteiger partial charge in [0.15, 0.2) is 0 Å². The minimum Gasteiger partial charge on any atom is -0.319 e. The van der Waals surface area contributed by atoms with Gasteiger partial charge in [0.25, 0.3) is 0 Å². The molecule has 4 heteroatoms. The zero-order valence-electron chi connectivity index (χ0n) is 14.4. The highest BCUT2D eigenvalue weighted by Gasteiger charge is 2.27. The van der Waals surface area contributed by atoms with E-state index in [-0.39, 0.29) is 0 Å². The normalized spacial score (nSPS) is 21.3. The second kappa shape index (κ2) is 8.98. The molecule has 0 aliphatic carbocycles. The smallest absolute Gasteiger partial charge is 0.0110 e. The number of piperazine rings is 1. The first-order valence-electron chi connectivity index (χ1n) is 8.23. The van der Waals surface area contributed by atoms with E-state index in [9.17, 15) is 0 Å². The molecular formula is C16H36N4. The van der Waals surface area contributed by atoms with Crippen LogP contribution in [0.1, 0.15) is 26.7 Å². The molecule has 0 aromatic heterocycles. The Hall–Kier alpha value is -0.160. The summed E-state index contributed by atoms with van der Waals surface area (Å²) in [5.41, 5.74) is 0.426. The largest absolute Gasteiger partial charge is 0.319 e. The van der Waals surface area contributed by atoms with Gasteiger partial charge in [0, 0.05) is 52.4 Å². The maximum Gasteiger partial charge on any atom is 0.0110 e. The van der Waals surface area contributed by atoms with Crippen LogP contribution < -0.4 is 5.32 Å². The van der Waals surface area contributed by atoms with E-state index in [0.717, 1.165) is 6.54 Å². The molecule has 1 fully saturated rings. The van der Waals surface area contributed by atoms with Crippen molar-refractivity contribution in [1.29, 1.82) is 0 Å². The summed E-state index contributed by atoms with van der Waals surface area (Å²) in [5.74, 6) is 0. The second-order valence-electron chi connectivity index (χ2n) is 7.01. The molecule has 0 aromatic carbocycles. The number of rotatable bonds is 9. The van der Waals surface area contributed by atoms with E-state index in [1.54, 1.807) is 0 Å². The van der Waals surface area contributed by atoms with Gasteiger partial charge in [-0.2, -0.15) is 0 Å². The quantitative estimate of drug-likeness (QED) is 0.686. The molecule has 0 amide bonds. The zero-order valence-corrected chi connectivity index (χ0v) is 14.4. The molecule has 1 aliphatic heterocycles. The fourth-order valence-electron chi connectivity index (χ4n) is 3.31. The van der Waals surface area contributed by atoms with Crippen LogP contribution in [0.3, 0.4) is 0 Å². The van der Waals surface area contributed by atoms with Crippen LogP contribution in [-0.4, -0.2) is 88.2 Å². The van der Waals surface area contributed by atoms with Gasteiger partial charge in [0.2, 0.25) is 0 Å². The maximum atomic E-state index is 3.38. The molecule has 1 aliphatic rings. The Kier molecular flexibility index (Phi) is 8.03. The molecule has 1 rings (SSSR count). The standard InChI is InChI=1S/C16H36N4/c1-6-7-16(2,14-17-3)15-20-12-10-19(11-13-20)9-8-18(4)5/h17H,6-15H2,1-5H3. The molecule has 1 saturated heterocycles. The summed E-state index contributed by atoms with van der Waals surface area (Å²) in [4.78, 5) is 7.54. The van der Waals surface area contributed by atoms with E-state index in [1.807, 2.05) is 0 Å². The van der Waals surface area contributed by atoms with Crippen LogP contribution in [-0.2, 0) is 0 Å². The number of hydrogen-bond acceptors (Lipinski definition) is 4. The summed E-state index contributed by atoms with van der Waals surface area (Å²) in [7, 11) is 6.39. The Morgan fingerprint density at radius 3 is 2.20 bits per heavy atom. The molecule has 1 unspecified atom stereocenters. The number of nitrogens with zero attached hydrogens (tertiary/aromatic N) is 3. The Balaban J connectivity index is 2.33. The average molecular weight is 284 g/mol. The molecule has 0 spiro atoms. The van der Waals surface area contributed by atoms with Crippen LogP contribution in [0.2, 0.25) is 0 Å². The first kappa shape index (κ1) is 17.9. The van der Waals surface area contributed by atoms with Gasteiger partial charge in [-0.05, 0) is 33.0 Å².